The lowest BCUT2D eigenvalue weighted by atomic mass is 10.2. The number of carbonyl (C=O) groups is 2. The molecule has 94 valence electrons. The first-order valence-corrected chi connectivity index (χ1v) is 4.85. The van der Waals surface area contributed by atoms with Gasteiger partial charge in [-0.2, -0.15) is 0 Å². The van der Waals surface area contributed by atoms with Crippen LogP contribution in [-0.2, 0) is 4.79 Å². The summed E-state index contributed by atoms with van der Waals surface area (Å²) >= 11 is 0. The van der Waals surface area contributed by atoms with E-state index in [-0.39, 0.29) is 5.69 Å². The molecule has 18 heavy (non-hydrogen) atoms. The van der Waals surface area contributed by atoms with E-state index in [2.05, 4.69) is 0 Å². The minimum atomic E-state index is -1.37. The average molecular weight is 250 g/mol. The van der Waals surface area contributed by atoms with Crippen LogP contribution in [0.5, 0.6) is 0 Å². The second kappa shape index (κ2) is 5.58. The highest BCUT2D eigenvalue weighted by molar-refractivity contribution is 6.00. The molecule has 0 fully saturated rings. The number of carbonyl (C=O) groups excluding carboxylic acids is 1. The van der Waals surface area contributed by atoms with E-state index in [9.17, 15) is 19.7 Å². The van der Waals surface area contributed by atoms with Crippen molar-refractivity contribution >= 4 is 23.8 Å². The number of carboxylic acid groups (broad SMARTS) is 1. The Labute approximate surface area is 102 Å². The molecule has 0 radical (unpaired) electrons. The SMILES string of the molecule is CN(C(=O)O)C(=O)C=Cc1cccc([N+](=O)[O-])c1. The Morgan fingerprint density at radius 3 is 2.67 bits per heavy atom. The first kappa shape index (κ1) is 13.4. The van der Waals surface area contributed by atoms with Crippen molar-refractivity contribution in [1.29, 1.82) is 0 Å². The lowest BCUT2D eigenvalue weighted by Crippen LogP contribution is -2.29. The lowest BCUT2D eigenvalue weighted by Gasteiger charge is -2.06. The Morgan fingerprint density at radius 1 is 1.44 bits per heavy atom. The number of hydrogen-bond acceptors (Lipinski definition) is 4. The Morgan fingerprint density at radius 2 is 2.11 bits per heavy atom. The summed E-state index contributed by atoms with van der Waals surface area (Å²) in [6, 6.07) is 5.65. The minimum Gasteiger partial charge on any atom is -0.465 e. The lowest BCUT2D eigenvalue weighted by molar-refractivity contribution is -0.384. The number of imide groups is 1. The topological polar surface area (TPSA) is 101 Å². The normalized spacial score (nSPS) is 10.3. The van der Waals surface area contributed by atoms with Gasteiger partial charge in [0.25, 0.3) is 11.6 Å². The molecule has 1 aromatic rings. The largest absolute Gasteiger partial charge is 0.465 e. The molecule has 7 nitrogen and oxygen atoms in total. The van der Waals surface area contributed by atoms with Crippen molar-refractivity contribution in [2.75, 3.05) is 7.05 Å². The van der Waals surface area contributed by atoms with E-state index in [1.807, 2.05) is 0 Å². The first-order valence-electron chi connectivity index (χ1n) is 4.85. The molecule has 0 bridgehead atoms. The number of nitro groups is 1. The van der Waals surface area contributed by atoms with Crippen molar-refractivity contribution in [3.8, 4) is 0 Å². The average Bonchev–Trinajstić information content (AvgIpc) is 2.35. The second-order valence-corrected chi connectivity index (χ2v) is 3.37. The maximum atomic E-state index is 11.3. The van der Waals surface area contributed by atoms with Gasteiger partial charge in [-0.3, -0.25) is 14.9 Å². The van der Waals surface area contributed by atoms with Crippen molar-refractivity contribution in [1.82, 2.24) is 4.90 Å². The zero-order valence-electron chi connectivity index (χ0n) is 9.44. The summed E-state index contributed by atoms with van der Waals surface area (Å²) in [6.45, 7) is 0. The molecule has 0 atom stereocenters. The van der Waals surface area contributed by atoms with Crippen LogP contribution >= 0.6 is 0 Å². The number of nitrogens with zero attached hydrogens (tertiary/aromatic N) is 2. The molecule has 1 N–H and O–H groups in total. The summed E-state index contributed by atoms with van der Waals surface area (Å²) in [6.07, 6.45) is 0.978. The summed E-state index contributed by atoms with van der Waals surface area (Å²) < 4.78 is 0. The highest BCUT2D eigenvalue weighted by Gasteiger charge is 2.11. The van der Waals surface area contributed by atoms with E-state index in [4.69, 9.17) is 5.11 Å². The van der Waals surface area contributed by atoms with Crippen molar-refractivity contribution < 1.29 is 19.6 Å². The van der Waals surface area contributed by atoms with Gasteiger partial charge in [0.15, 0.2) is 0 Å². The molecular formula is C11H10N2O5. The van der Waals surface area contributed by atoms with Crippen LogP contribution in [0.25, 0.3) is 6.08 Å². The number of nitro benzene ring substituents is 1. The van der Waals surface area contributed by atoms with Gasteiger partial charge in [-0.1, -0.05) is 12.1 Å². The van der Waals surface area contributed by atoms with Crippen LogP contribution in [0, 0.1) is 10.1 Å². The van der Waals surface area contributed by atoms with Gasteiger partial charge in [-0.25, -0.2) is 9.69 Å². The van der Waals surface area contributed by atoms with Gasteiger partial charge >= 0.3 is 6.09 Å². The Kier molecular flexibility index (Phi) is 4.14. The van der Waals surface area contributed by atoms with Crippen LogP contribution in [0.1, 0.15) is 5.56 Å². The Bertz CT molecular complexity index is 524. The molecule has 0 heterocycles. The highest BCUT2D eigenvalue weighted by Crippen LogP contribution is 2.14. The number of likely N-dealkylation sites (N-methyl/N-ethyl adjacent to an activating group) is 1. The van der Waals surface area contributed by atoms with Crippen LogP contribution in [0.2, 0.25) is 0 Å². The van der Waals surface area contributed by atoms with E-state index in [0.717, 1.165) is 13.1 Å². The predicted octanol–water partition coefficient (Wildman–Crippen LogP) is 1.74. The number of rotatable bonds is 3. The standard InChI is InChI=1S/C11H10N2O5/c1-12(11(15)16)10(14)6-5-8-3-2-4-9(7-8)13(17)18/h2-7H,1H3,(H,15,16). The minimum absolute atomic E-state index is 0.101. The number of hydrogen-bond donors (Lipinski definition) is 1. The number of amides is 2. The van der Waals surface area contributed by atoms with Crippen molar-refractivity contribution in [3.63, 3.8) is 0 Å². The monoisotopic (exact) mass is 250 g/mol. The molecule has 0 aliphatic rings. The third-order valence-corrected chi connectivity index (χ3v) is 2.12. The van der Waals surface area contributed by atoms with Gasteiger partial charge in [-0.15, -0.1) is 0 Å². The van der Waals surface area contributed by atoms with Crippen molar-refractivity contribution in [3.05, 3.63) is 46.0 Å². The van der Waals surface area contributed by atoms with Crippen LogP contribution in [0.15, 0.2) is 30.3 Å². The number of non-ortho nitro benzene ring substituents is 1. The van der Waals surface area contributed by atoms with Crippen LogP contribution < -0.4 is 0 Å². The molecule has 0 saturated carbocycles. The van der Waals surface area contributed by atoms with Crippen LogP contribution in [-0.4, -0.2) is 34.0 Å². The molecule has 2 amide bonds. The van der Waals surface area contributed by atoms with Gasteiger partial charge in [0.2, 0.25) is 0 Å². The molecule has 7 heteroatoms. The third kappa shape index (κ3) is 3.41. The van der Waals surface area contributed by atoms with E-state index >= 15 is 0 Å². The summed E-state index contributed by atoms with van der Waals surface area (Å²) in [5.74, 6) is -0.728. The summed E-state index contributed by atoms with van der Waals surface area (Å²) in [5.41, 5.74) is 0.340. The quantitative estimate of drug-likeness (QED) is 0.500. The van der Waals surface area contributed by atoms with Gasteiger partial charge < -0.3 is 5.11 Å². The van der Waals surface area contributed by atoms with Gasteiger partial charge in [0.1, 0.15) is 0 Å². The number of benzene rings is 1. The van der Waals surface area contributed by atoms with E-state index in [1.165, 1.54) is 24.3 Å². The van der Waals surface area contributed by atoms with Gasteiger partial charge in [0.05, 0.1) is 4.92 Å². The fourth-order valence-corrected chi connectivity index (χ4v) is 1.12. The molecule has 0 saturated heterocycles. The summed E-state index contributed by atoms with van der Waals surface area (Å²) in [7, 11) is 1.11. The van der Waals surface area contributed by atoms with E-state index in [0.29, 0.717) is 10.5 Å². The molecule has 0 aromatic heterocycles. The molecule has 0 aliphatic carbocycles. The summed E-state index contributed by atoms with van der Waals surface area (Å²) in [5, 5.41) is 19.1. The zero-order chi connectivity index (χ0) is 13.7. The van der Waals surface area contributed by atoms with E-state index in [1.54, 1.807) is 6.07 Å². The zero-order valence-corrected chi connectivity index (χ0v) is 9.44. The third-order valence-electron chi connectivity index (χ3n) is 2.12. The van der Waals surface area contributed by atoms with Crippen molar-refractivity contribution in [2.24, 2.45) is 0 Å². The molecule has 0 spiro atoms. The first-order chi connectivity index (χ1) is 8.41. The maximum Gasteiger partial charge on any atom is 0.414 e. The fourth-order valence-electron chi connectivity index (χ4n) is 1.12. The smallest absolute Gasteiger partial charge is 0.414 e. The second-order valence-electron chi connectivity index (χ2n) is 3.37. The van der Waals surface area contributed by atoms with E-state index < -0.39 is 16.9 Å². The van der Waals surface area contributed by atoms with Crippen molar-refractivity contribution in [2.45, 2.75) is 0 Å². The summed E-state index contributed by atoms with van der Waals surface area (Å²) in [4.78, 5) is 32.3. The van der Waals surface area contributed by atoms with Crippen LogP contribution in [0.3, 0.4) is 0 Å². The van der Waals surface area contributed by atoms with Crippen LogP contribution in [0.4, 0.5) is 10.5 Å². The fraction of sp³-hybridized carbons (Fsp3) is 0.0909. The van der Waals surface area contributed by atoms with Gasteiger partial charge in [-0.05, 0) is 11.6 Å². The molecule has 0 aliphatic heterocycles. The molecule has 0 unspecified atom stereocenters. The molecule has 1 aromatic carbocycles. The maximum absolute atomic E-state index is 11.3. The Hall–Kier alpha value is -2.70. The predicted molar refractivity (Wildman–Crippen MR) is 62.9 cm³/mol. The highest BCUT2D eigenvalue weighted by atomic mass is 16.6. The molecular weight excluding hydrogens is 240 g/mol. The Balaban J connectivity index is 2.85. The molecule has 1 rings (SSSR count). The van der Waals surface area contributed by atoms with Gasteiger partial charge in [0, 0.05) is 25.3 Å².